The second-order valence-corrected chi connectivity index (χ2v) is 25.7. The monoisotopic (exact) mass is 912 g/mol. The molecule has 2 nitrogen and oxygen atoms in total. The smallest absolute Gasteiger partial charge is 0.333 e. The summed E-state index contributed by atoms with van der Waals surface area (Å²) in [6, 6.07) is 53.3. The van der Waals surface area contributed by atoms with Crippen LogP contribution >= 0.6 is 22.7 Å². The van der Waals surface area contributed by atoms with Gasteiger partial charge in [-0.15, -0.1) is 22.7 Å². The third-order valence-corrected chi connectivity index (χ3v) is 19.6. The summed E-state index contributed by atoms with van der Waals surface area (Å²) < 4.78 is 8.14. The van der Waals surface area contributed by atoms with Crippen LogP contribution in [0.15, 0.2) is 133 Å². The standard InChI is InChI=1S/C63H53BN2S2/c1-60(2,3)34-18-20-35(21-19-34)66-52-29-45-43-27-48-49(62(6,7)25-24-61(48,4)5)32-56(43)68-55(45)31-42(52)38-22-23-39-41-26-47-40(36-14-10-12-16-46(36)63(47,8)9)28-51(41)65-53-30-44-37-15-11-13-17-54(37)67-57(44)33-50(53)64(66)58(38)59(39)65/h10-23,26-33H,24-25H2,1-9H3. The normalized spacial score (nSPS) is 17.1. The first kappa shape index (κ1) is 39.8. The molecule has 2 aliphatic carbocycles. The summed E-state index contributed by atoms with van der Waals surface area (Å²) in [6.45, 7) is 21.6. The molecule has 0 radical (unpaired) electrons. The first-order chi connectivity index (χ1) is 32.6. The van der Waals surface area contributed by atoms with Crippen molar-refractivity contribution in [3.8, 4) is 27.9 Å². The number of anilines is 2. The predicted molar refractivity (Wildman–Crippen MR) is 297 cm³/mol. The lowest BCUT2D eigenvalue weighted by molar-refractivity contribution is 0.332. The molecule has 0 saturated heterocycles. The fraction of sp³-hybridized carbons (Fsp3) is 0.238. The van der Waals surface area contributed by atoms with Crippen molar-refractivity contribution in [2.45, 2.75) is 96.8 Å². The molecule has 8 aromatic carbocycles. The van der Waals surface area contributed by atoms with Gasteiger partial charge in [0.2, 0.25) is 0 Å². The van der Waals surface area contributed by atoms with E-state index in [-0.39, 0.29) is 28.5 Å². The first-order valence-corrected chi connectivity index (χ1v) is 26.4. The van der Waals surface area contributed by atoms with Crippen LogP contribution in [0.5, 0.6) is 0 Å². The zero-order valence-electron chi connectivity index (χ0n) is 40.4. The minimum absolute atomic E-state index is 0.0425. The summed E-state index contributed by atoms with van der Waals surface area (Å²) in [7, 11) is 0. The van der Waals surface area contributed by atoms with Crippen molar-refractivity contribution in [1.82, 2.24) is 4.57 Å². The van der Waals surface area contributed by atoms with E-state index in [1.165, 1.54) is 153 Å². The highest BCUT2D eigenvalue weighted by atomic mass is 32.1. The first-order valence-electron chi connectivity index (χ1n) is 24.7. The van der Waals surface area contributed by atoms with Crippen molar-refractivity contribution in [3.63, 3.8) is 0 Å². The molecule has 11 aromatic rings. The number of aromatic nitrogens is 1. The topological polar surface area (TPSA) is 8.17 Å². The van der Waals surface area contributed by atoms with Crippen LogP contribution in [0, 0.1) is 0 Å². The van der Waals surface area contributed by atoms with E-state index < -0.39 is 0 Å². The highest BCUT2D eigenvalue weighted by Gasteiger charge is 2.46. The predicted octanol–water partition coefficient (Wildman–Crippen LogP) is 16.7. The average molecular weight is 913 g/mol. The number of fused-ring (bicyclic) bond motifs is 18. The molecule has 15 rings (SSSR count). The van der Waals surface area contributed by atoms with E-state index in [0.29, 0.717) is 0 Å². The molecule has 330 valence electrons. The molecule has 0 unspecified atom stereocenters. The SMILES string of the molecule is CC(C)(C)c1ccc(N2B3c4cc5sc6ccccc6c5cc4-n4c5cc6c(cc5c5ccc(c3c54)-c3cc4sc5cc7c(cc5c4cc32)C(C)(C)CCC7(C)C)C(C)(C)c2ccccc2-6)cc1. The summed E-state index contributed by atoms with van der Waals surface area (Å²) in [5, 5.41) is 8.12. The van der Waals surface area contributed by atoms with Crippen LogP contribution in [-0.4, -0.2) is 11.4 Å². The molecule has 0 atom stereocenters. The molecular formula is C63H53BN2S2. The van der Waals surface area contributed by atoms with E-state index in [1.54, 1.807) is 0 Å². The average Bonchev–Trinajstić information content (AvgIpc) is 4.03. The van der Waals surface area contributed by atoms with Crippen LogP contribution in [0.2, 0.25) is 0 Å². The van der Waals surface area contributed by atoms with E-state index in [4.69, 9.17) is 0 Å². The molecule has 4 aliphatic rings. The second-order valence-electron chi connectivity index (χ2n) is 23.5. The Bertz CT molecular complexity index is 4110. The number of hydrogen-bond acceptors (Lipinski definition) is 3. The van der Waals surface area contributed by atoms with E-state index in [1.807, 2.05) is 22.7 Å². The summed E-state index contributed by atoms with van der Waals surface area (Å²) in [5.74, 6) is 0. The summed E-state index contributed by atoms with van der Waals surface area (Å²) in [4.78, 5) is 2.75. The van der Waals surface area contributed by atoms with Crippen LogP contribution in [0.3, 0.4) is 0 Å². The van der Waals surface area contributed by atoms with Gasteiger partial charge in [0.25, 0.3) is 0 Å². The summed E-state index contributed by atoms with van der Waals surface area (Å²) >= 11 is 3.92. The van der Waals surface area contributed by atoms with Crippen molar-refractivity contribution in [2.24, 2.45) is 0 Å². The minimum atomic E-state index is -0.0967. The zero-order chi connectivity index (χ0) is 46.1. The molecule has 0 fully saturated rings. The van der Waals surface area contributed by atoms with Crippen molar-refractivity contribution < 1.29 is 0 Å². The number of benzene rings is 8. The van der Waals surface area contributed by atoms with E-state index in [2.05, 4.69) is 205 Å². The lowest BCUT2D eigenvalue weighted by Crippen LogP contribution is -2.60. The maximum atomic E-state index is 2.75. The van der Waals surface area contributed by atoms with Gasteiger partial charge in [0.15, 0.2) is 0 Å². The Labute approximate surface area is 407 Å². The largest absolute Gasteiger partial charge is 0.376 e. The van der Waals surface area contributed by atoms with Crippen molar-refractivity contribution in [2.75, 3.05) is 4.81 Å². The lowest BCUT2D eigenvalue weighted by Gasteiger charge is -2.42. The van der Waals surface area contributed by atoms with Gasteiger partial charge in [-0.3, -0.25) is 0 Å². The van der Waals surface area contributed by atoms with Gasteiger partial charge in [0.1, 0.15) is 0 Å². The number of nitrogens with zero attached hydrogens (tertiary/aromatic N) is 2. The van der Waals surface area contributed by atoms with Gasteiger partial charge < -0.3 is 9.38 Å². The van der Waals surface area contributed by atoms with Gasteiger partial charge in [-0.25, -0.2) is 0 Å². The molecule has 0 amide bonds. The quantitative estimate of drug-likeness (QED) is 0.149. The van der Waals surface area contributed by atoms with Crippen molar-refractivity contribution >= 4 is 114 Å². The van der Waals surface area contributed by atoms with E-state index in [0.717, 1.165) is 0 Å². The van der Waals surface area contributed by atoms with E-state index >= 15 is 0 Å². The van der Waals surface area contributed by atoms with Gasteiger partial charge in [-0.05, 0) is 151 Å². The van der Waals surface area contributed by atoms with Crippen molar-refractivity contribution in [1.29, 1.82) is 0 Å². The molecule has 3 aromatic heterocycles. The Kier molecular flexibility index (Phi) is 7.46. The molecule has 5 heterocycles. The molecule has 0 spiro atoms. The molecule has 5 heteroatoms. The third-order valence-electron chi connectivity index (χ3n) is 17.4. The molecule has 0 N–H and O–H groups in total. The van der Waals surface area contributed by atoms with Crippen LogP contribution in [0.25, 0.3) is 90.1 Å². The Morgan fingerprint density at radius 2 is 1.13 bits per heavy atom. The Hall–Kier alpha value is -6.14. The maximum absolute atomic E-state index is 2.75. The molecule has 2 aliphatic heterocycles. The van der Waals surface area contributed by atoms with Crippen LogP contribution in [0.1, 0.15) is 103 Å². The highest BCUT2D eigenvalue weighted by Crippen LogP contribution is 2.55. The van der Waals surface area contributed by atoms with Gasteiger partial charge in [0, 0.05) is 79.2 Å². The number of thiophene rings is 2. The zero-order valence-corrected chi connectivity index (χ0v) is 42.0. The number of rotatable bonds is 1. The lowest BCUT2D eigenvalue weighted by atomic mass is 9.44. The highest BCUT2D eigenvalue weighted by molar-refractivity contribution is 7.26. The fourth-order valence-electron chi connectivity index (χ4n) is 13.5. The summed E-state index contributed by atoms with van der Waals surface area (Å²) in [6.07, 6.45) is 2.42. The van der Waals surface area contributed by atoms with Crippen LogP contribution in [0.4, 0.5) is 11.4 Å². The Balaban J connectivity index is 1.09. The Morgan fingerprint density at radius 3 is 1.93 bits per heavy atom. The molecule has 0 saturated carbocycles. The van der Waals surface area contributed by atoms with Gasteiger partial charge in [-0.1, -0.05) is 129 Å². The third kappa shape index (κ3) is 4.99. The Morgan fingerprint density at radius 1 is 0.485 bits per heavy atom. The van der Waals surface area contributed by atoms with Gasteiger partial charge in [0.05, 0.1) is 11.0 Å². The second kappa shape index (κ2) is 12.7. The number of hydrogen-bond donors (Lipinski definition) is 0. The summed E-state index contributed by atoms with van der Waals surface area (Å²) in [5.41, 5.74) is 22.1. The van der Waals surface area contributed by atoms with Crippen LogP contribution < -0.4 is 15.7 Å². The van der Waals surface area contributed by atoms with Gasteiger partial charge in [-0.2, -0.15) is 0 Å². The molecule has 0 bridgehead atoms. The fourth-order valence-corrected chi connectivity index (χ4v) is 15.8. The maximum Gasteiger partial charge on any atom is 0.333 e. The molecular weight excluding hydrogens is 860 g/mol. The van der Waals surface area contributed by atoms with E-state index in [9.17, 15) is 0 Å². The van der Waals surface area contributed by atoms with Crippen molar-refractivity contribution in [3.05, 3.63) is 161 Å². The molecule has 68 heavy (non-hydrogen) atoms. The van der Waals surface area contributed by atoms with Crippen LogP contribution in [-0.2, 0) is 21.7 Å². The van der Waals surface area contributed by atoms with Gasteiger partial charge >= 0.3 is 6.85 Å². The minimum Gasteiger partial charge on any atom is -0.376 e.